The number of fused-ring (bicyclic) bond motifs is 1. The lowest BCUT2D eigenvalue weighted by atomic mass is 10.2. The number of carbonyl (C=O) groups is 1. The van der Waals surface area contributed by atoms with Crippen LogP contribution in [0.1, 0.15) is 35.6 Å². The van der Waals surface area contributed by atoms with Gasteiger partial charge in [-0.25, -0.2) is 4.98 Å². The first kappa shape index (κ1) is 18.2. The van der Waals surface area contributed by atoms with Crippen LogP contribution in [0.3, 0.4) is 0 Å². The van der Waals surface area contributed by atoms with Gasteiger partial charge in [-0.3, -0.25) is 4.79 Å². The topological polar surface area (TPSA) is 72.7 Å². The molecule has 1 aliphatic rings. The molecule has 0 saturated carbocycles. The minimum Gasteiger partial charge on any atom is -0.321 e. The van der Waals surface area contributed by atoms with Crippen LogP contribution in [0.4, 0.5) is 5.69 Å². The van der Waals surface area contributed by atoms with Crippen LogP contribution in [0.5, 0.6) is 0 Å². The van der Waals surface area contributed by atoms with E-state index in [4.69, 9.17) is 0 Å². The summed E-state index contributed by atoms with van der Waals surface area (Å²) in [4.78, 5) is 17.0. The third kappa shape index (κ3) is 3.73. The summed E-state index contributed by atoms with van der Waals surface area (Å²) < 4.78 is 2.22. The van der Waals surface area contributed by atoms with E-state index in [1.807, 2.05) is 41.1 Å². The van der Waals surface area contributed by atoms with Crippen LogP contribution >= 0.6 is 22.7 Å². The Morgan fingerprint density at radius 3 is 2.72 bits per heavy atom. The van der Waals surface area contributed by atoms with Gasteiger partial charge in [0.25, 0.3) is 5.91 Å². The molecule has 6 nitrogen and oxygen atoms in total. The van der Waals surface area contributed by atoms with Gasteiger partial charge < -0.3 is 9.88 Å². The van der Waals surface area contributed by atoms with E-state index >= 15 is 0 Å². The van der Waals surface area contributed by atoms with Crippen LogP contribution in [0, 0.1) is 0 Å². The molecule has 1 aliphatic heterocycles. The Kier molecular flexibility index (Phi) is 4.95. The third-order valence-corrected chi connectivity index (χ3v) is 6.59. The Bertz CT molecular complexity index is 1130. The molecule has 1 aromatic carbocycles. The van der Waals surface area contributed by atoms with Gasteiger partial charge in [-0.15, -0.1) is 21.5 Å². The number of nitrogens with one attached hydrogen (secondary N) is 1. The fraction of sp³-hybridized carbons (Fsp3) is 0.238. The normalized spacial score (nSPS) is 13.7. The van der Waals surface area contributed by atoms with Crippen LogP contribution in [-0.2, 0) is 13.0 Å². The fourth-order valence-corrected chi connectivity index (χ4v) is 5.01. The molecule has 29 heavy (non-hydrogen) atoms. The zero-order valence-electron chi connectivity index (χ0n) is 15.7. The molecule has 1 N–H and O–H groups in total. The number of hydrogen-bond donors (Lipinski definition) is 1. The number of benzene rings is 1. The zero-order valence-corrected chi connectivity index (χ0v) is 17.3. The van der Waals surface area contributed by atoms with Crippen molar-refractivity contribution in [1.82, 2.24) is 19.7 Å². The number of anilines is 1. The van der Waals surface area contributed by atoms with Crippen molar-refractivity contribution in [1.29, 1.82) is 0 Å². The molecule has 8 heteroatoms. The molecule has 0 aliphatic carbocycles. The summed E-state index contributed by atoms with van der Waals surface area (Å²) >= 11 is 3.10. The van der Waals surface area contributed by atoms with Crippen molar-refractivity contribution in [3.05, 3.63) is 58.0 Å². The summed E-state index contributed by atoms with van der Waals surface area (Å²) in [6.45, 7) is 0.965. The van der Waals surface area contributed by atoms with Crippen molar-refractivity contribution in [3.8, 4) is 22.0 Å². The number of carbonyl (C=O) groups excluding carboxylic acids is 1. The molecular formula is C21H19N5OS2. The van der Waals surface area contributed by atoms with Gasteiger partial charge >= 0.3 is 0 Å². The molecule has 1 amide bonds. The summed E-state index contributed by atoms with van der Waals surface area (Å²) in [5.74, 6) is 1.77. The molecule has 0 fully saturated rings. The van der Waals surface area contributed by atoms with E-state index in [1.54, 1.807) is 16.7 Å². The second-order valence-electron chi connectivity index (χ2n) is 6.98. The summed E-state index contributed by atoms with van der Waals surface area (Å²) in [7, 11) is 0. The number of thiazole rings is 1. The van der Waals surface area contributed by atoms with Crippen molar-refractivity contribution in [3.63, 3.8) is 0 Å². The van der Waals surface area contributed by atoms with E-state index in [-0.39, 0.29) is 5.91 Å². The van der Waals surface area contributed by atoms with Gasteiger partial charge in [-0.05, 0) is 48.6 Å². The summed E-state index contributed by atoms with van der Waals surface area (Å²) in [5, 5.41) is 18.4. The largest absolute Gasteiger partial charge is 0.321 e. The minimum atomic E-state index is -0.202. The minimum absolute atomic E-state index is 0.202. The van der Waals surface area contributed by atoms with Gasteiger partial charge in [0, 0.05) is 40.5 Å². The maximum absolute atomic E-state index is 12.5. The first-order valence-electron chi connectivity index (χ1n) is 9.60. The predicted octanol–water partition coefficient (Wildman–Crippen LogP) is 5.11. The maximum atomic E-state index is 12.5. The molecular weight excluding hydrogens is 402 g/mol. The van der Waals surface area contributed by atoms with Crippen molar-refractivity contribution in [2.75, 3.05) is 5.32 Å². The molecule has 0 radical (unpaired) electrons. The highest BCUT2D eigenvalue weighted by molar-refractivity contribution is 7.14. The second kappa shape index (κ2) is 7.88. The van der Waals surface area contributed by atoms with E-state index < -0.39 is 0 Å². The number of nitrogens with zero attached hydrogens (tertiary/aromatic N) is 4. The SMILES string of the molecule is O=C(Nc1ccc(-c2nnc3n2CCCCC3)cc1)c1csc(-c2ccsc2)n1. The Labute approximate surface area is 176 Å². The standard InChI is InChI=1S/C21H19N5OS2/c27-20(17-13-29-21(23-17)15-9-11-28-12-15)22-16-7-5-14(6-8-16)19-25-24-18-4-2-1-3-10-26(18)19/h5-9,11-13H,1-4,10H2,(H,22,27). The van der Waals surface area contributed by atoms with Gasteiger partial charge in [-0.1, -0.05) is 6.42 Å². The number of hydrogen-bond acceptors (Lipinski definition) is 6. The van der Waals surface area contributed by atoms with E-state index in [9.17, 15) is 4.79 Å². The number of rotatable bonds is 4. The lowest BCUT2D eigenvalue weighted by Crippen LogP contribution is -2.12. The van der Waals surface area contributed by atoms with Crippen molar-refractivity contribution < 1.29 is 4.79 Å². The van der Waals surface area contributed by atoms with Crippen molar-refractivity contribution >= 4 is 34.3 Å². The molecule has 3 aromatic heterocycles. The molecule has 0 atom stereocenters. The molecule has 4 heterocycles. The molecule has 0 bridgehead atoms. The van der Waals surface area contributed by atoms with Crippen LogP contribution < -0.4 is 5.32 Å². The fourth-order valence-electron chi connectivity index (χ4n) is 3.49. The lowest BCUT2D eigenvalue weighted by Gasteiger charge is -2.08. The highest BCUT2D eigenvalue weighted by atomic mass is 32.1. The third-order valence-electron chi connectivity index (χ3n) is 5.02. The number of thiophene rings is 1. The van der Waals surface area contributed by atoms with Gasteiger partial charge in [0.1, 0.15) is 16.5 Å². The number of amides is 1. The smallest absolute Gasteiger partial charge is 0.275 e. The van der Waals surface area contributed by atoms with Gasteiger partial charge in [0.2, 0.25) is 0 Å². The molecule has 0 saturated heterocycles. The summed E-state index contributed by atoms with van der Waals surface area (Å²) in [6.07, 6.45) is 4.56. The summed E-state index contributed by atoms with van der Waals surface area (Å²) in [5.41, 5.74) is 3.23. The van der Waals surface area contributed by atoms with Crippen LogP contribution in [0.25, 0.3) is 22.0 Å². The van der Waals surface area contributed by atoms with Crippen LogP contribution in [0.2, 0.25) is 0 Å². The number of aromatic nitrogens is 4. The Morgan fingerprint density at radius 1 is 1.00 bits per heavy atom. The summed E-state index contributed by atoms with van der Waals surface area (Å²) in [6, 6.07) is 9.77. The number of aryl methyl sites for hydroxylation is 1. The van der Waals surface area contributed by atoms with Crippen molar-refractivity contribution in [2.45, 2.75) is 32.2 Å². The maximum Gasteiger partial charge on any atom is 0.275 e. The Hall–Kier alpha value is -2.84. The van der Waals surface area contributed by atoms with E-state index in [0.717, 1.165) is 52.9 Å². The lowest BCUT2D eigenvalue weighted by molar-refractivity contribution is 0.102. The first-order valence-corrected chi connectivity index (χ1v) is 11.4. The van der Waals surface area contributed by atoms with Crippen molar-refractivity contribution in [2.24, 2.45) is 0 Å². The Morgan fingerprint density at radius 2 is 1.90 bits per heavy atom. The molecule has 4 aromatic rings. The van der Waals surface area contributed by atoms with E-state index in [2.05, 4.69) is 25.1 Å². The van der Waals surface area contributed by atoms with E-state index in [1.165, 1.54) is 24.2 Å². The highest BCUT2D eigenvalue weighted by Gasteiger charge is 2.16. The molecule has 0 spiro atoms. The first-order chi connectivity index (χ1) is 14.3. The quantitative estimate of drug-likeness (QED) is 0.497. The second-order valence-corrected chi connectivity index (χ2v) is 8.62. The molecule has 5 rings (SSSR count). The van der Waals surface area contributed by atoms with Crippen LogP contribution in [0.15, 0.2) is 46.5 Å². The predicted molar refractivity (Wildman–Crippen MR) is 116 cm³/mol. The highest BCUT2D eigenvalue weighted by Crippen LogP contribution is 2.27. The van der Waals surface area contributed by atoms with Crippen LogP contribution in [-0.4, -0.2) is 25.7 Å². The Balaban J connectivity index is 1.31. The van der Waals surface area contributed by atoms with E-state index in [0.29, 0.717) is 5.69 Å². The van der Waals surface area contributed by atoms with Gasteiger partial charge in [-0.2, -0.15) is 11.3 Å². The van der Waals surface area contributed by atoms with Gasteiger partial charge in [0.15, 0.2) is 5.82 Å². The average Bonchev–Trinajstić information content (AvgIpc) is 3.47. The average molecular weight is 422 g/mol. The van der Waals surface area contributed by atoms with Gasteiger partial charge in [0.05, 0.1) is 0 Å². The molecule has 0 unspecified atom stereocenters. The zero-order chi connectivity index (χ0) is 19.6. The molecule has 146 valence electrons. The monoisotopic (exact) mass is 421 g/mol.